The van der Waals surface area contributed by atoms with Gasteiger partial charge in [0.15, 0.2) is 9.84 Å². The van der Waals surface area contributed by atoms with Crippen LogP contribution in [0.25, 0.3) is 0 Å². The van der Waals surface area contributed by atoms with Crippen LogP contribution in [-0.2, 0) is 9.84 Å². The van der Waals surface area contributed by atoms with Crippen molar-refractivity contribution < 1.29 is 18.3 Å². The molecule has 112 valence electrons. The number of benzene rings is 2. The normalized spacial score (nSPS) is 12.9. The van der Waals surface area contributed by atoms with Gasteiger partial charge in [-0.15, -0.1) is 0 Å². The summed E-state index contributed by atoms with van der Waals surface area (Å²) in [5.74, 6) is 0.246. The van der Waals surface area contributed by atoms with E-state index in [0.29, 0.717) is 11.3 Å². The summed E-state index contributed by atoms with van der Waals surface area (Å²) >= 11 is 0. The van der Waals surface area contributed by atoms with Crippen LogP contribution in [0, 0.1) is 6.92 Å². The molecule has 4 nitrogen and oxygen atoms in total. The first-order chi connectivity index (χ1) is 9.92. The number of hydrogen-bond acceptors (Lipinski definition) is 4. The van der Waals surface area contributed by atoms with Crippen molar-refractivity contribution in [3.63, 3.8) is 0 Å². The molecule has 0 aliphatic heterocycles. The van der Waals surface area contributed by atoms with Crippen LogP contribution >= 0.6 is 0 Å². The van der Waals surface area contributed by atoms with Gasteiger partial charge in [0.05, 0.1) is 23.9 Å². The maximum Gasteiger partial charge on any atom is 0.181 e. The Morgan fingerprint density at radius 1 is 1.05 bits per heavy atom. The molecule has 2 rings (SSSR count). The average molecular weight is 306 g/mol. The molecule has 5 heteroatoms. The predicted octanol–water partition coefficient (Wildman–Crippen LogP) is 2.51. The molecule has 0 heterocycles. The second kappa shape index (κ2) is 6.28. The lowest BCUT2D eigenvalue weighted by Gasteiger charge is -2.12. The van der Waals surface area contributed by atoms with Gasteiger partial charge in [0.1, 0.15) is 5.75 Å². The lowest BCUT2D eigenvalue weighted by atomic mass is 10.1. The number of rotatable bonds is 5. The van der Waals surface area contributed by atoms with E-state index < -0.39 is 15.9 Å². The molecule has 0 saturated heterocycles. The van der Waals surface area contributed by atoms with Crippen LogP contribution in [0.2, 0.25) is 0 Å². The van der Waals surface area contributed by atoms with Crippen LogP contribution < -0.4 is 4.74 Å². The van der Waals surface area contributed by atoms with Gasteiger partial charge in [-0.05, 0) is 36.8 Å². The summed E-state index contributed by atoms with van der Waals surface area (Å²) in [6.07, 6.45) is -1.04. The highest BCUT2D eigenvalue weighted by atomic mass is 32.2. The van der Waals surface area contributed by atoms with Gasteiger partial charge in [0, 0.05) is 0 Å². The maximum atomic E-state index is 12.3. The first-order valence-electron chi connectivity index (χ1n) is 6.54. The Morgan fingerprint density at radius 2 is 1.62 bits per heavy atom. The van der Waals surface area contributed by atoms with Crippen LogP contribution in [-0.4, -0.2) is 26.4 Å². The molecule has 0 fully saturated rings. The van der Waals surface area contributed by atoms with E-state index in [1.807, 2.05) is 19.1 Å². The molecule has 0 bridgehead atoms. The van der Waals surface area contributed by atoms with Gasteiger partial charge in [0.2, 0.25) is 0 Å². The van der Waals surface area contributed by atoms with Crippen LogP contribution in [0.5, 0.6) is 5.75 Å². The zero-order valence-corrected chi connectivity index (χ0v) is 12.8. The Balaban J connectivity index is 2.17. The van der Waals surface area contributed by atoms with Crippen molar-refractivity contribution in [3.05, 3.63) is 59.7 Å². The fourth-order valence-electron chi connectivity index (χ4n) is 1.97. The smallest absolute Gasteiger partial charge is 0.181 e. The Bertz CT molecular complexity index is 688. The highest BCUT2D eigenvalue weighted by Gasteiger charge is 2.21. The largest absolute Gasteiger partial charge is 0.497 e. The van der Waals surface area contributed by atoms with E-state index in [2.05, 4.69) is 0 Å². The number of aryl methyl sites for hydroxylation is 1. The number of sulfone groups is 1. The standard InChI is InChI=1S/C16H18O4S/c1-12-3-5-13(6-4-12)16(17)11-21(18,19)15-9-7-14(20-2)8-10-15/h3-10,16-17H,11H2,1-2H3. The minimum Gasteiger partial charge on any atom is -0.497 e. The quantitative estimate of drug-likeness (QED) is 0.922. The first-order valence-corrected chi connectivity index (χ1v) is 8.19. The molecule has 21 heavy (non-hydrogen) atoms. The molecule has 1 unspecified atom stereocenters. The molecule has 0 aliphatic rings. The van der Waals surface area contributed by atoms with Crippen molar-refractivity contribution in [3.8, 4) is 5.75 Å². The molecule has 0 amide bonds. The number of hydrogen-bond donors (Lipinski definition) is 1. The third kappa shape index (κ3) is 3.83. The van der Waals surface area contributed by atoms with E-state index in [0.717, 1.165) is 5.56 Å². The number of aliphatic hydroxyl groups excluding tert-OH is 1. The molecule has 0 saturated carbocycles. The number of ether oxygens (including phenoxy) is 1. The van der Waals surface area contributed by atoms with Gasteiger partial charge in [-0.2, -0.15) is 0 Å². The van der Waals surface area contributed by atoms with E-state index in [1.165, 1.54) is 19.2 Å². The fourth-order valence-corrected chi connectivity index (χ4v) is 3.32. The Morgan fingerprint density at radius 3 is 2.14 bits per heavy atom. The molecule has 0 aromatic heterocycles. The molecule has 0 radical (unpaired) electrons. The van der Waals surface area contributed by atoms with Crippen LogP contribution in [0.15, 0.2) is 53.4 Å². The summed E-state index contributed by atoms with van der Waals surface area (Å²) in [5.41, 5.74) is 1.65. The van der Waals surface area contributed by atoms with Gasteiger partial charge >= 0.3 is 0 Å². The molecular formula is C16H18O4S. The van der Waals surface area contributed by atoms with E-state index in [9.17, 15) is 13.5 Å². The average Bonchev–Trinajstić information content (AvgIpc) is 2.47. The van der Waals surface area contributed by atoms with Gasteiger partial charge in [-0.25, -0.2) is 8.42 Å². The summed E-state index contributed by atoms with van der Waals surface area (Å²) in [5, 5.41) is 10.1. The van der Waals surface area contributed by atoms with Crippen molar-refractivity contribution in [2.45, 2.75) is 17.9 Å². The highest BCUT2D eigenvalue weighted by Crippen LogP contribution is 2.22. The molecule has 0 spiro atoms. The van der Waals surface area contributed by atoms with Crippen molar-refractivity contribution in [2.24, 2.45) is 0 Å². The van der Waals surface area contributed by atoms with Crippen molar-refractivity contribution in [2.75, 3.05) is 12.9 Å². The van der Waals surface area contributed by atoms with E-state index in [1.54, 1.807) is 24.3 Å². The number of methoxy groups -OCH3 is 1. The van der Waals surface area contributed by atoms with Gasteiger partial charge in [-0.1, -0.05) is 29.8 Å². The minimum absolute atomic E-state index is 0.175. The zero-order valence-electron chi connectivity index (χ0n) is 12.0. The molecule has 0 aliphatic carbocycles. The van der Waals surface area contributed by atoms with Crippen LogP contribution in [0.4, 0.5) is 0 Å². The zero-order chi connectivity index (χ0) is 15.5. The molecule has 2 aromatic carbocycles. The van der Waals surface area contributed by atoms with Crippen LogP contribution in [0.3, 0.4) is 0 Å². The van der Waals surface area contributed by atoms with Crippen molar-refractivity contribution in [1.82, 2.24) is 0 Å². The third-order valence-corrected chi connectivity index (χ3v) is 5.00. The highest BCUT2D eigenvalue weighted by molar-refractivity contribution is 7.91. The SMILES string of the molecule is COc1ccc(S(=O)(=O)CC(O)c2ccc(C)cc2)cc1. The monoisotopic (exact) mass is 306 g/mol. The maximum absolute atomic E-state index is 12.3. The third-order valence-electron chi connectivity index (χ3n) is 3.26. The summed E-state index contributed by atoms with van der Waals surface area (Å²) in [6, 6.07) is 13.3. The molecular weight excluding hydrogens is 288 g/mol. The second-order valence-corrected chi connectivity index (χ2v) is 6.92. The topological polar surface area (TPSA) is 63.6 Å². The van der Waals surface area contributed by atoms with Crippen molar-refractivity contribution in [1.29, 1.82) is 0 Å². The summed E-state index contributed by atoms with van der Waals surface area (Å²) < 4.78 is 29.6. The summed E-state index contributed by atoms with van der Waals surface area (Å²) in [6.45, 7) is 1.93. The first kappa shape index (κ1) is 15.5. The van der Waals surface area contributed by atoms with Gasteiger partial charge in [0.25, 0.3) is 0 Å². The Kier molecular flexibility index (Phi) is 4.65. The molecule has 2 aromatic rings. The Labute approximate surface area is 124 Å². The lowest BCUT2D eigenvalue weighted by molar-refractivity contribution is 0.201. The van der Waals surface area contributed by atoms with Gasteiger partial charge in [-0.3, -0.25) is 0 Å². The summed E-state index contributed by atoms with van der Waals surface area (Å²) in [4.78, 5) is 0.175. The predicted molar refractivity (Wildman–Crippen MR) is 81.2 cm³/mol. The van der Waals surface area contributed by atoms with E-state index in [4.69, 9.17) is 4.74 Å². The Hall–Kier alpha value is -1.85. The van der Waals surface area contributed by atoms with Crippen molar-refractivity contribution >= 4 is 9.84 Å². The van der Waals surface area contributed by atoms with E-state index in [-0.39, 0.29) is 10.6 Å². The van der Waals surface area contributed by atoms with E-state index >= 15 is 0 Å². The lowest BCUT2D eigenvalue weighted by Crippen LogP contribution is -2.14. The molecule has 1 atom stereocenters. The van der Waals surface area contributed by atoms with Gasteiger partial charge < -0.3 is 9.84 Å². The molecule has 1 N–H and O–H groups in total. The second-order valence-electron chi connectivity index (χ2n) is 4.88. The fraction of sp³-hybridized carbons (Fsp3) is 0.250. The minimum atomic E-state index is -3.55. The number of aliphatic hydroxyl groups is 1. The summed E-state index contributed by atoms with van der Waals surface area (Å²) in [7, 11) is -2.03. The van der Waals surface area contributed by atoms with Crippen LogP contribution in [0.1, 0.15) is 17.2 Å².